The van der Waals surface area contributed by atoms with Crippen molar-refractivity contribution in [1.29, 1.82) is 0 Å². The number of nitrogens with one attached hydrogen (secondary N) is 2. The molecule has 0 saturated carbocycles. The van der Waals surface area contributed by atoms with Crippen LogP contribution in [0.2, 0.25) is 0 Å². The van der Waals surface area contributed by atoms with Crippen LogP contribution in [0.15, 0.2) is 66.9 Å². The summed E-state index contributed by atoms with van der Waals surface area (Å²) >= 11 is 0. The molecule has 122 valence electrons. The molecule has 0 aliphatic heterocycles. The van der Waals surface area contributed by atoms with Crippen molar-refractivity contribution in [2.45, 2.75) is 12.5 Å². The SMILES string of the molecule is O=C(NC[C@@H](O)Cc1ccccc1)c1cn[nH]c1-c1ccccc1. The summed E-state index contributed by atoms with van der Waals surface area (Å²) in [6.07, 6.45) is 1.36. The first-order valence-corrected chi connectivity index (χ1v) is 7.83. The number of carbonyl (C=O) groups excluding carboxylic acids is 1. The third kappa shape index (κ3) is 3.88. The minimum atomic E-state index is -0.636. The fourth-order valence-electron chi connectivity index (χ4n) is 2.55. The number of H-pyrrole nitrogens is 1. The highest BCUT2D eigenvalue weighted by atomic mass is 16.3. The lowest BCUT2D eigenvalue weighted by Crippen LogP contribution is -2.33. The van der Waals surface area contributed by atoms with Crippen LogP contribution in [0.4, 0.5) is 0 Å². The van der Waals surface area contributed by atoms with Gasteiger partial charge in [-0.25, -0.2) is 0 Å². The van der Waals surface area contributed by atoms with Gasteiger partial charge in [-0.3, -0.25) is 9.89 Å². The lowest BCUT2D eigenvalue weighted by atomic mass is 10.1. The van der Waals surface area contributed by atoms with E-state index in [0.717, 1.165) is 11.1 Å². The molecule has 24 heavy (non-hydrogen) atoms. The predicted molar refractivity (Wildman–Crippen MR) is 92.5 cm³/mol. The van der Waals surface area contributed by atoms with Crippen molar-refractivity contribution in [2.75, 3.05) is 6.54 Å². The van der Waals surface area contributed by atoms with Crippen LogP contribution in [0, 0.1) is 0 Å². The molecule has 0 radical (unpaired) electrons. The maximum atomic E-state index is 12.4. The molecular weight excluding hydrogens is 302 g/mol. The van der Waals surface area contributed by atoms with Gasteiger partial charge in [0.25, 0.3) is 5.91 Å². The van der Waals surface area contributed by atoms with E-state index in [1.165, 1.54) is 6.20 Å². The standard InChI is InChI=1S/C19H19N3O2/c23-16(11-14-7-3-1-4-8-14)12-20-19(24)17-13-21-22-18(17)15-9-5-2-6-10-15/h1-10,13,16,23H,11-12H2,(H,20,24)(H,21,22)/t16-/m0/s1. The van der Waals surface area contributed by atoms with Crippen LogP contribution in [0.5, 0.6) is 0 Å². The first-order chi connectivity index (χ1) is 11.7. The maximum absolute atomic E-state index is 12.4. The Morgan fingerprint density at radius 1 is 1.08 bits per heavy atom. The zero-order chi connectivity index (χ0) is 16.8. The molecule has 1 atom stereocenters. The number of aromatic nitrogens is 2. The summed E-state index contributed by atoms with van der Waals surface area (Å²) in [5, 5.41) is 19.7. The number of aliphatic hydroxyl groups is 1. The van der Waals surface area contributed by atoms with Gasteiger partial charge in [-0.1, -0.05) is 60.7 Å². The van der Waals surface area contributed by atoms with Gasteiger partial charge in [0.2, 0.25) is 0 Å². The highest BCUT2D eigenvalue weighted by Crippen LogP contribution is 2.20. The first kappa shape index (κ1) is 16.0. The van der Waals surface area contributed by atoms with Gasteiger partial charge in [0, 0.05) is 18.5 Å². The number of rotatable bonds is 6. The summed E-state index contributed by atoms with van der Waals surface area (Å²) in [4.78, 5) is 12.4. The normalized spacial score (nSPS) is 11.9. The number of carbonyl (C=O) groups is 1. The van der Waals surface area contributed by atoms with Crippen molar-refractivity contribution in [3.63, 3.8) is 0 Å². The molecule has 3 aromatic rings. The van der Waals surface area contributed by atoms with Crippen molar-refractivity contribution in [1.82, 2.24) is 15.5 Å². The van der Waals surface area contributed by atoms with E-state index >= 15 is 0 Å². The Hall–Kier alpha value is -2.92. The van der Waals surface area contributed by atoms with E-state index in [2.05, 4.69) is 15.5 Å². The highest BCUT2D eigenvalue weighted by Gasteiger charge is 2.16. The van der Waals surface area contributed by atoms with Crippen LogP contribution in [0.3, 0.4) is 0 Å². The second-order valence-electron chi connectivity index (χ2n) is 5.58. The maximum Gasteiger partial charge on any atom is 0.255 e. The Morgan fingerprint density at radius 3 is 2.46 bits per heavy atom. The van der Waals surface area contributed by atoms with Crippen LogP contribution in [-0.4, -0.2) is 33.9 Å². The molecule has 1 heterocycles. The second-order valence-corrected chi connectivity index (χ2v) is 5.58. The zero-order valence-electron chi connectivity index (χ0n) is 13.1. The summed E-state index contributed by atoms with van der Waals surface area (Å²) in [5.41, 5.74) is 3.07. The van der Waals surface area contributed by atoms with Crippen LogP contribution >= 0.6 is 0 Å². The Kier molecular flexibility index (Phi) is 5.03. The summed E-state index contributed by atoms with van der Waals surface area (Å²) in [5.74, 6) is -0.255. The Bertz CT molecular complexity index is 785. The van der Waals surface area contributed by atoms with E-state index in [-0.39, 0.29) is 12.5 Å². The molecule has 3 N–H and O–H groups in total. The van der Waals surface area contributed by atoms with E-state index in [4.69, 9.17) is 0 Å². The summed E-state index contributed by atoms with van der Waals surface area (Å²) in [6, 6.07) is 19.2. The number of nitrogens with zero attached hydrogens (tertiary/aromatic N) is 1. The zero-order valence-corrected chi connectivity index (χ0v) is 13.1. The summed E-state index contributed by atoms with van der Waals surface area (Å²) in [6.45, 7) is 0.188. The van der Waals surface area contributed by atoms with Gasteiger partial charge in [0.15, 0.2) is 0 Å². The smallest absolute Gasteiger partial charge is 0.255 e. The van der Waals surface area contributed by atoms with Crippen molar-refractivity contribution in [3.05, 3.63) is 78.0 Å². The predicted octanol–water partition coefficient (Wildman–Crippen LogP) is 2.41. The van der Waals surface area contributed by atoms with Crippen molar-refractivity contribution in [3.8, 4) is 11.3 Å². The van der Waals surface area contributed by atoms with Gasteiger partial charge in [-0.05, 0) is 5.56 Å². The molecule has 0 fully saturated rings. The Morgan fingerprint density at radius 2 is 1.75 bits per heavy atom. The van der Waals surface area contributed by atoms with Gasteiger partial charge < -0.3 is 10.4 Å². The minimum absolute atomic E-state index is 0.188. The van der Waals surface area contributed by atoms with Gasteiger partial charge in [-0.15, -0.1) is 0 Å². The summed E-state index contributed by atoms with van der Waals surface area (Å²) in [7, 11) is 0. The molecule has 0 bridgehead atoms. The van der Waals surface area contributed by atoms with Gasteiger partial charge in [0.05, 0.1) is 23.6 Å². The lowest BCUT2D eigenvalue weighted by Gasteiger charge is -2.12. The monoisotopic (exact) mass is 321 g/mol. The number of aromatic amines is 1. The minimum Gasteiger partial charge on any atom is -0.391 e. The Labute approximate surface area is 140 Å². The average Bonchev–Trinajstić information content (AvgIpc) is 3.11. The van der Waals surface area contributed by atoms with E-state index in [1.807, 2.05) is 60.7 Å². The fraction of sp³-hybridized carbons (Fsp3) is 0.158. The second kappa shape index (κ2) is 7.57. The molecule has 1 amide bonds. The van der Waals surface area contributed by atoms with Crippen LogP contribution < -0.4 is 5.32 Å². The molecule has 1 aromatic heterocycles. The molecule has 3 rings (SSSR count). The van der Waals surface area contributed by atoms with Crippen molar-refractivity contribution in [2.24, 2.45) is 0 Å². The average molecular weight is 321 g/mol. The van der Waals surface area contributed by atoms with Crippen LogP contribution in [0.25, 0.3) is 11.3 Å². The topological polar surface area (TPSA) is 78.0 Å². The van der Waals surface area contributed by atoms with E-state index in [0.29, 0.717) is 17.7 Å². The van der Waals surface area contributed by atoms with E-state index in [1.54, 1.807) is 0 Å². The highest BCUT2D eigenvalue weighted by molar-refractivity contribution is 5.99. The molecule has 0 saturated heterocycles. The number of amides is 1. The van der Waals surface area contributed by atoms with Crippen molar-refractivity contribution < 1.29 is 9.90 Å². The van der Waals surface area contributed by atoms with E-state index in [9.17, 15) is 9.90 Å². The Balaban J connectivity index is 1.61. The molecular formula is C19H19N3O2. The van der Waals surface area contributed by atoms with Crippen LogP contribution in [-0.2, 0) is 6.42 Å². The lowest BCUT2D eigenvalue weighted by molar-refractivity contribution is 0.0916. The summed E-state index contributed by atoms with van der Waals surface area (Å²) < 4.78 is 0. The number of hydrogen-bond donors (Lipinski definition) is 3. The van der Waals surface area contributed by atoms with Crippen LogP contribution in [0.1, 0.15) is 15.9 Å². The third-order valence-electron chi connectivity index (χ3n) is 3.76. The van der Waals surface area contributed by atoms with E-state index < -0.39 is 6.10 Å². The third-order valence-corrected chi connectivity index (χ3v) is 3.76. The number of benzene rings is 2. The molecule has 5 nitrogen and oxygen atoms in total. The first-order valence-electron chi connectivity index (χ1n) is 7.83. The molecule has 5 heteroatoms. The molecule has 0 aliphatic carbocycles. The molecule has 0 aliphatic rings. The largest absolute Gasteiger partial charge is 0.391 e. The molecule has 2 aromatic carbocycles. The van der Waals surface area contributed by atoms with Crippen molar-refractivity contribution >= 4 is 5.91 Å². The quantitative estimate of drug-likeness (QED) is 0.652. The molecule has 0 unspecified atom stereocenters. The number of hydrogen-bond acceptors (Lipinski definition) is 3. The number of aliphatic hydroxyl groups excluding tert-OH is 1. The van der Waals surface area contributed by atoms with Gasteiger partial charge in [-0.2, -0.15) is 5.10 Å². The fourth-order valence-corrected chi connectivity index (χ4v) is 2.55. The van der Waals surface area contributed by atoms with Gasteiger partial charge in [0.1, 0.15) is 0 Å². The molecule has 0 spiro atoms. The van der Waals surface area contributed by atoms with Gasteiger partial charge >= 0.3 is 0 Å².